The van der Waals surface area contributed by atoms with E-state index < -0.39 is 12.0 Å². The SMILES string of the molecule is CCOC(=O)C1=C(C)N=c2s/c(=C\c3cc(Br)c(OCc4ccccc4Cl)c(Br)c3)c(=O)n2[C@@H]1c1cc(OC)c(OC)cc1Br. The number of thiazole rings is 1. The van der Waals surface area contributed by atoms with Gasteiger partial charge in [-0.1, -0.05) is 57.1 Å². The number of allylic oxidation sites excluding steroid dienone is 1. The van der Waals surface area contributed by atoms with Crippen molar-refractivity contribution >= 4 is 82.8 Å². The molecule has 0 spiro atoms. The zero-order valence-corrected chi connectivity index (χ0v) is 30.8. The summed E-state index contributed by atoms with van der Waals surface area (Å²) in [6, 6.07) is 13.9. The first-order chi connectivity index (χ1) is 21.6. The topological polar surface area (TPSA) is 88.4 Å². The molecular formula is C32H26Br3ClN2O6S. The minimum atomic E-state index is -0.837. The van der Waals surface area contributed by atoms with Gasteiger partial charge in [0.1, 0.15) is 12.4 Å². The molecule has 0 unspecified atom stereocenters. The number of methoxy groups -OCH3 is 2. The van der Waals surface area contributed by atoms with Gasteiger partial charge in [-0.05, 0) is 93.2 Å². The lowest BCUT2D eigenvalue weighted by Crippen LogP contribution is -2.40. The van der Waals surface area contributed by atoms with Gasteiger partial charge in [-0.15, -0.1) is 0 Å². The van der Waals surface area contributed by atoms with Crippen LogP contribution in [0.3, 0.4) is 0 Å². The Morgan fingerprint density at radius 1 is 1.04 bits per heavy atom. The zero-order chi connectivity index (χ0) is 32.4. The summed E-state index contributed by atoms with van der Waals surface area (Å²) in [5.41, 5.74) is 2.62. The van der Waals surface area contributed by atoms with Crippen molar-refractivity contribution in [2.75, 3.05) is 20.8 Å². The van der Waals surface area contributed by atoms with Crippen LogP contribution in [0.1, 0.15) is 36.6 Å². The summed E-state index contributed by atoms with van der Waals surface area (Å²) in [5.74, 6) is 0.984. The molecule has 45 heavy (non-hydrogen) atoms. The van der Waals surface area contributed by atoms with Crippen LogP contribution >= 0.6 is 70.7 Å². The summed E-state index contributed by atoms with van der Waals surface area (Å²) in [7, 11) is 3.06. The van der Waals surface area contributed by atoms with Gasteiger partial charge in [0.25, 0.3) is 5.56 Å². The molecule has 0 amide bonds. The molecule has 4 aromatic rings. The lowest BCUT2D eigenvalue weighted by atomic mass is 9.95. The molecule has 0 aliphatic carbocycles. The van der Waals surface area contributed by atoms with Gasteiger partial charge in [-0.3, -0.25) is 9.36 Å². The maximum atomic E-state index is 14.1. The van der Waals surface area contributed by atoms with Crippen LogP contribution in [0.2, 0.25) is 5.02 Å². The monoisotopic (exact) mass is 838 g/mol. The highest BCUT2D eigenvalue weighted by Gasteiger charge is 2.35. The Labute approximate surface area is 293 Å². The minimum Gasteiger partial charge on any atom is -0.493 e. The van der Waals surface area contributed by atoms with Gasteiger partial charge in [0.2, 0.25) is 0 Å². The number of hydrogen-bond donors (Lipinski definition) is 0. The van der Waals surface area contributed by atoms with Crippen LogP contribution in [-0.4, -0.2) is 31.4 Å². The molecular weight excluding hydrogens is 816 g/mol. The Morgan fingerprint density at radius 3 is 2.36 bits per heavy atom. The van der Waals surface area contributed by atoms with Crippen molar-refractivity contribution in [3.8, 4) is 17.2 Å². The van der Waals surface area contributed by atoms with Crippen molar-refractivity contribution in [3.05, 3.63) is 115 Å². The fourth-order valence-electron chi connectivity index (χ4n) is 4.88. The number of aromatic nitrogens is 1. The Hall–Kier alpha value is -2.90. The van der Waals surface area contributed by atoms with E-state index in [1.807, 2.05) is 36.4 Å². The van der Waals surface area contributed by atoms with Crippen LogP contribution in [0.15, 0.2) is 83.0 Å². The van der Waals surface area contributed by atoms with E-state index in [-0.39, 0.29) is 24.3 Å². The standard InChI is InChI=1S/C32H26Br3ClN2O6S/c1-5-43-31(40)27-16(2)37-32-38(28(27)19-13-24(41-3)25(42-4)14-20(19)33)30(39)26(45-32)12-17-10-21(34)29(22(35)11-17)44-15-18-8-6-7-9-23(18)36/h6-14,28H,5,15H2,1-4H3/b26-12-/t28-/m1/s1. The van der Waals surface area contributed by atoms with Gasteiger partial charge in [0, 0.05) is 15.1 Å². The van der Waals surface area contributed by atoms with Crippen molar-refractivity contribution in [2.24, 2.45) is 4.99 Å². The average Bonchev–Trinajstić information content (AvgIpc) is 3.30. The fourth-order valence-corrected chi connectivity index (χ4v) is 8.11. The van der Waals surface area contributed by atoms with Crippen LogP contribution < -0.4 is 29.1 Å². The van der Waals surface area contributed by atoms with E-state index in [2.05, 4.69) is 52.8 Å². The van der Waals surface area contributed by atoms with E-state index in [0.717, 1.165) is 11.1 Å². The Morgan fingerprint density at radius 2 is 1.71 bits per heavy atom. The van der Waals surface area contributed by atoms with E-state index >= 15 is 0 Å². The van der Waals surface area contributed by atoms with E-state index in [0.29, 0.717) is 56.3 Å². The summed E-state index contributed by atoms with van der Waals surface area (Å²) in [4.78, 5) is 32.5. The number of fused-ring (bicyclic) bond motifs is 1. The van der Waals surface area contributed by atoms with Gasteiger partial charge in [0.15, 0.2) is 16.3 Å². The smallest absolute Gasteiger partial charge is 0.338 e. The predicted molar refractivity (Wildman–Crippen MR) is 185 cm³/mol. The largest absolute Gasteiger partial charge is 0.493 e. The van der Waals surface area contributed by atoms with Gasteiger partial charge in [-0.2, -0.15) is 0 Å². The molecule has 3 aromatic carbocycles. The molecule has 1 atom stereocenters. The summed E-state index contributed by atoms with van der Waals surface area (Å²) in [5, 5.41) is 0.622. The molecule has 13 heteroatoms. The molecule has 0 fully saturated rings. The number of rotatable bonds is 9. The summed E-state index contributed by atoms with van der Waals surface area (Å²) < 4.78 is 26.4. The van der Waals surface area contributed by atoms with Crippen molar-refractivity contribution < 1.29 is 23.7 Å². The predicted octanol–water partition coefficient (Wildman–Crippen LogP) is 7.34. The number of nitrogens with zero attached hydrogens (tertiary/aromatic N) is 2. The summed E-state index contributed by atoms with van der Waals surface area (Å²) >= 11 is 18.4. The molecule has 1 aliphatic rings. The second kappa shape index (κ2) is 14.3. The highest BCUT2D eigenvalue weighted by Crippen LogP contribution is 2.41. The van der Waals surface area contributed by atoms with E-state index in [9.17, 15) is 9.59 Å². The minimum absolute atomic E-state index is 0.168. The molecule has 8 nitrogen and oxygen atoms in total. The third-order valence-electron chi connectivity index (χ3n) is 6.96. The van der Waals surface area contributed by atoms with Gasteiger partial charge >= 0.3 is 5.97 Å². The van der Waals surface area contributed by atoms with E-state index in [1.54, 1.807) is 32.1 Å². The van der Waals surface area contributed by atoms with Crippen molar-refractivity contribution in [3.63, 3.8) is 0 Å². The third kappa shape index (κ3) is 6.80. The first-order valence-electron chi connectivity index (χ1n) is 13.5. The summed E-state index contributed by atoms with van der Waals surface area (Å²) in [6.07, 6.45) is 1.78. The molecule has 0 N–H and O–H groups in total. The molecule has 1 aliphatic heterocycles. The molecule has 0 bridgehead atoms. The molecule has 5 rings (SSSR count). The Bertz CT molecular complexity index is 2000. The molecule has 234 valence electrons. The van der Waals surface area contributed by atoms with Crippen molar-refractivity contribution in [1.82, 2.24) is 4.57 Å². The van der Waals surface area contributed by atoms with Gasteiger partial charge in [-0.25, -0.2) is 9.79 Å². The first-order valence-corrected chi connectivity index (χ1v) is 17.1. The molecule has 0 saturated carbocycles. The van der Waals surface area contributed by atoms with Crippen LogP contribution in [0.5, 0.6) is 17.2 Å². The quantitative estimate of drug-likeness (QED) is 0.164. The molecule has 1 aromatic heterocycles. The number of carbonyl (C=O) groups excluding carboxylic acids is 1. The average molecular weight is 842 g/mol. The zero-order valence-electron chi connectivity index (χ0n) is 24.5. The fraction of sp³-hybridized carbons (Fsp3) is 0.219. The molecule has 0 saturated heterocycles. The normalized spacial score (nSPS) is 14.6. The van der Waals surface area contributed by atoms with Gasteiger partial charge < -0.3 is 18.9 Å². The molecule has 2 heterocycles. The lowest BCUT2D eigenvalue weighted by molar-refractivity contribution is -0.139. The van der Waals surface area contributed by atoms with Crippen molar-refractivity contribution in [1.29, 1.82) is 0 Å². The molecule has 0 radical (unpaired) electrons. The number of hydrogen-bond acceptors (Lipinski definition) is 8. The second-order valence-corrected chi connectivity index (χ2v) is 13.7. The number of ether oxygens (including phenoxy) is 4. The van der Waals surface area contributed by atoms with Crippen LogP contribution in [0, 0.1) is 0 Å². The van der Waals surface area contributed by atoms with Crippen LogP contribution in [0.4, 0.5) is 0 Å². The first kappa shape index (κ1) is 33.5. The summed E-state index contributed by atoms with van der Waals surface area (Å²) in [6.45, 7) is 3.92. The maximum absolute atomic E-state index is 14.1. The van der Waals surface area contributed by atoms with E-state index in [1.165, 1.54) is 30.1 Å². The number of halogens is 4. The highest BCUT2D eigenvalue weighted by atomic mass is 79.9. The number of esters is 1. The van der Waals surface area contributed by atoms with Gasteiger partial charge in [0.05, 0.1) is 51.6 Å². The highest BCUT2D eigenvalue weighted by molar-refractivity contribution is 9.11. The lowest BCUT2D eigenvalue weighted by Gasteiger charge is -2.26. The van der Waals surface area contributed by atoms with Crippen LogP contribution in [0.25, 0.3) is 6.08 Å². The van der Waals surface area contributed by atoms with Crippen molar-refractivity contribution in [2.45, 2.75) is 26.5 Å². The Balaban J connectivity index is 1.61. The van der Waals surface area contributed by atoms with Crippen LogP contribution in [-0.2, 0) is 16.1 Å². The second-order valence-electron chi connectivity index (χ2n) is 9.72. The van der Waals surface area contributed by atoms with E-state index in [4.69, 9.17) is 30.5 Å². The number of carbonyl (C=O) groups is 1. The maximum Gasteiger partial charge on any atom is 0.338 e. The third-order valence-corrected chi connectivity index (χ3v) is 10.2. The Kier molecular flexibility index (Phi) is 10.6. The number of benzene rings is 3.